The summed E-state index contributed by atoms with van der Waals surface area (Å²) < 4.78 is 0. The second-order valence-electron chi connectivity index (χ2n) is 6.53. The van der Waals surface area contributed by atoms with E-state index in [4.69, 9.17) is 11.6 Å². The number of rotatable bonds is 4. The minimum atomic E-state index is -0.147. The Morgan fingerprint density at radius 2 is 1.88 bits per heavy atom. The van der Waals surface area contributed by atoms with Crippen molar-refractivity contribution in [3.63, 3.8) is 0 Å². The van der Waals surface area contributed by atoms with Gasteiger partial charge in [0.25, 0.3) is 5.56 Å². The van der Waals surface area contributed by atoms with Gasteiger partial charge in [0.15, 0.2) is 0 Å². The Morgan fingerprint density at radius 1 is 1.19 bits per heavy atom. The number of aromatic nitrogens is 2. The van der Waals surface area contributed by atoms with Crippen LogP contribution in [0.1, 0.15) is 23.5 Å². The highest BCUT2D eigenvalue weighted by Crippen LogP contribution is 2.26. The fourth-order valence-corrected chi connectivity index (χ4v) is 3.60. The van der Waals surface area contributed by atoms with Crippen molar-refractivity contribution >= 4 is 23.2 Å². The maximum absolute atomic E-state index is 12.5. The fraction of sp³-hybridized carbons (Fsp3) is 0.421. The van der Waals surface area contributed by atoms with Gasteiger partial charge in [-0.15, -0.1) is 0 Å². The molecule has 0 bridgehead atoms. The molecule has 0 unspecified atom stereocenters. The summed E-state index contributed by atoms with van der Waals surface area (Å²) in [4.78, 5) is 35.6. The summed E-state index contributed by atoms with van der Waals surface area (Å²) in [5, 5.41) is 0.730. The number of amides is 1. The van der Waals surface area contributed by atoms with E-state index < -0.39 is 0 Å². The van der Waals surface area contributed by atoms with Crippen molar-refractivity contribution in [1.82, 2.24) is 14.9 Å². The van der Waals surface area contributed by atoms with Crippen molar-refractivity contribution in [2.75, 3.05) is 31.1 Å². The molecule has 0 aliphatic carbocycles. The predicted molar refractivity (Wildman–Crippen MR) is 103 cm³/mol. The molecule has 1 fully saturated rings. The van der Waals surface area contributed by atoms with Gasteiger partial charge in [0.05, 0.1) is 10.7 Å². The van der Waals surface area contributed by atoms with Gasteiger partial charge in [-0.25, -0.2) is 4.98 Å². The Bertz CT molecular complexity index is 857. The summed E-state index contributed by atoms with van der Waals surface area (Å²) >= 11 is 6.25. The van der Waals surface area contributed by atoms with Crippen LogP contribution in [0.5, 0.6) is 0 Å². The van der Waals surface area contributed by atoms with Crippen molar-refractivity contribution in [1.29, 1.82) is 0 Å². The Morgan fingerprint density at radius 3 is 2.54 bits per heavy atom. The number of nitrogens with one attached hydrogen (secondary N) is 1. The highest BCUT2D eigenvalue weighted by atomic mass is 35.5. The molecule has 26 heavy (non-hydrogen) atoms. The molecular formula is C19H23ClN4O2. The SMILES string of the molecule is Cc1nc(C)c(CCC(=O)N2CCN(c3ccccc3Cl)CC2)c(=O)[nH]1. The topological polar surface area (TPSA) is 69.3 Å². The first-order valence-electron chi connectivity index (χ1n) is 8.79. The lowest BCUT2D eigenvalue weighted by molar-refractivity contribution is -0.131. The molecule has 138 valence electrons. The number of nitrogens with zero attached hydrogens (tertiary/aromatic N) is 3. The maximum Gasteiger partial charge on any atom is 0.254 e. The third kappa shape index (κ3) is 4.07. The molecule has 1 saturated heterocycles. The van der Waals surface area contributed by atoms with E-state index in [0.717, 1.165) is 23.8 Å². The largest absolute Gasteiger partial charge is 0.367 e. The number of aromatic amines is 1. The molecule has 6 nitrogen and oxygen atoms in total. The number of aryl methyl sites for hydroxylation is 2. The Labute approximate surface area is 157 Å². The average Bonchev–Trinajstić information content (AvgIpc) is 2.61. The second-order valence-corrected chi connectivity index (χ2v) is 6.94. The lowest BCUT2D eigenvalue weighted by Gasteiger charge is -2.36. The Balaban J connectivity index is 1.56. The van der Waals surface area contributed by atoms with Crippen molar-refractivity contribution in [3.05, 3.63) is 56.7 Å². The molecule has 1 amide bonds. The average molecular weight is 375 g/mol. The molecule has 1 aromatic heterocycles. The van der Waals surface area contributed by atoms with E-state index in [1.54, 1.807) is 6.92 Å². The van der Waals surface area contributed by atoms with Crippen LogP contribution >= 0.6 is 11.6 Å². The van der Waals surface area contributed by atoms with Crippen molar-refractivity contribution < 1.29 is 4.79 Å². The van der Waals surface area contributed by atoms with E-state index in [0.29, 0.717) is 43.0 Å². The molecule has 0 atom stereocenters. The third-order valence-corrected chi connectivity index (χ3v) is 5.07. The number of benzene rings is 1. The number of hydrogen-bond donors (Lipinski definition) is 1. The first kappa shape index (κ1) is 18.5. The molecule has 1 N–H and O–H groups in total. The zero-order chi connectivity index (χ0) is 18.7. The molecule has 0 spiro atoms. The van der Waals surface area contributed by atoms with Gasteiger partial charge >= 0.3 is 0 Å². The van der Waals surface area contributed by atoms with Crippen LogP contribution in [0.4, 0.5) is 5.69 Å². The van der Waals surface area contributed by atoms with Gasteiger partial charge in [-0.05, 0) is 32.4 Å². The quantitative estimate of drug-likeness (QED) is 0.891. The number of anilines is 1. The van der Waals surface area contributed by atoms with Crippen molar-refractivity contribution in [2.24, 2.45) is 0 Å². The van der Waals surface area contributed by atoms with Crippen LogP contribution in [0.3, 0.4) is 0 Å². The fourth-order valence-electron chi connectivity index (χ4n) is 3.34. The van der Waals surface area contributed by atoms with Crippen LogP contribution in [-0.2, 0) is 11.2 Å². The van der Waals surface area contributed by atoms with Gasteiger partial charge in [0.1, 0.15) is 5.82 Å². The molecule has 0 saturated carbocycles. The molecule has 7 heteroatoms. The first-order chi connectivity index (χ1) is 12.5. The van der Waals surface area contributed by atoms with Gasteiger partial charge in [-0.1, -0.05) is 23.7 Å². The maximum atomic E-state index is 12.5. The number of carbonyl (C=O) groups excluding carboxylic acids is 1. The van der Waals surface area contributed by atoms with Crippen LogP contribution in [0.2, 0.25) is 5.02 Å². The minimum absolute atomic E-state index is 0.0724. The summed E-state index contributed by atoms with van der Waals surface area (Å²) in [6.45, 7) is 6.38. The van der Waals surface area contributed by atoms with Gasteiger partial charge in [0.2, 0.25) is 5.91 Å². The smallest absolute Gasteiger partial charge is 0.254 e. The van der Waals surface area contributed by atoms with Crippen LogP contribution < -0.4 is 10.5 Å². The second kappa shape index (κ2) is 7.91. The molecule has 0 radical (unpaired) electrons. The molecule has 1 aliphatic rings. The normalized spacial score (nSPS) is 14.6. The summed E-state index contributed by atoms with van der Waals surface area (Å²) in [5.41, 5.74) is 2.15. The van der Waals surface area contributed by atoms with Crippen LogP contribution in [-0.4, -0.2) is 47.0 Å². The minimum Gasteiger partial charge on any atom is -0.367 e. The summed E-state index contributed by atoms with van der Waals surface area (Å²) in [6, 6.07) is 7.76. The van der Waals surface area contributed by atoms with E-state index in [2.05, 4.69) is 14.9 Å². The van der Waals surface area contributed by atoms with Crippen LogP contribution in [0.25, 0.3) is 0 Å². The highest BCUT2D eigenvalue weighted by molar-refractivity contribution is 6.33. The number of piperazine rings is 1. The molecule has 3 rings (SSSR count). The highest BCUT2D eigenvalue weighted by Gasteiger charge is 2.22. The molecular weight excluding hydrogens is 352 g/mol. The van der Waals surface area contributed by atoms with E-state index in [1.165, 1.54) is 0 Å². The first-order valence-corrected chi connectivity index (χ1v) is 9.17. The molecule has 1 aromatic carbocycles. The number of para-hydroxylation sites is 1. The number of hydrogen-bond acceptors (Lipinski definition) is 4. The summed E-state index contributed by atoms with van der Waals surface area (Å²) in [5.74, 6) is 0.668. The van der Waals surface area contributed by atoms with Gasteiger partial charge < -0.3 is 14.8 Å². The van der Waals surface area contributed by atoms with E-state index >= 15 is 0 Å². The molecule has 2 heterocycles. The van der Waals surface area contributed by atoms with E-state index in [1.807, 2.05) is 36.1 Å². The lowest BCUT2D eigenvalue weighted by Crippen LogP contribution is -2.49. The third-order valence-electron chi connectivity index (χ3n) is 4.76. The zero-order valence-electron chi connectivity index (χ0n) is 15.1. The lowest BCUT2D eigenvalue weighted by atomic mass is 10.1. The van der Waals surface area contributed by atoms with Crippen LogP contribution in [0, 0.1) is 13.8 Å². The van der Waals surface area contributed by atoms with Crippen molar-refractivity contribution in [3.8, 4) is 0 Å². The van der Waals surface area contributed by atoms with Gasteiger partial charge in [-0.2, -0.15) is 0 Å². The van der Waals surface area contributed by atoms with E-state index in [-0.39, 0.29) is 11.5 Å². The summed E-state index contributed by atoms with van der Waals surface area (Å²) in [6.07, 6.45) is 0.735. The number of halogens is 1. The summed E-state index contributed by atoms with van der Waals surface area (Å²) in [7, 11) is 0. The van der Waals surface area contributed by atoms with Crippen LogP contribution in [0.15, 0.2) is 29.1 Å². The monoisotopic (exact) mass is 374 g/mol. The van der Waals surface area contributed by atoms with E-state index in [9.17, 15) is 9.59 Å². The number of carbonyl (C=O) groups is 1. The zero-order valence-corrected chi connectivity index (χ0v) is 15.8. The van der Waals surface area contributed by atoms with Gasteiger partial charge in [0, 0.05) is 43.9 Å². The molecule has 2 aromatic rings. The standard InChI is InChI=1S/C19H23ClN4O2/c1-13-15(19(26)22-14(2)21-13)7-8-18(25)24-11-9-23(10-12-24)17-6-4-3-5-16(17)20/h3-6H,7-12H2,1-2H3,(H,21,22,26). The predicted octanol–water partition coefficient (Wildman–Crippen LogP) is 2.32. The Hall–Kier alpha value is -2.34. The van der Waals surface area contributed by atoms with Crippen molar-refractivity contribution in [2.45, 2.75) is 26.7 Å². The molecule has 1 aliphatic heterocycles. The number of H-pyrrole nitrogens is 1. The van der Waals surface area contributed by atoms with Gasteiger partial charge in [-0.3, -0.25) is 9.59 Å². The Kier molecular flexibility index (Phi) is 5.61.